The molecule has 1 aromatic carbocycles. The third-order valence-corrected chi connectivity index (χ3v) is 9.70. The summed E-state index contributed by atoms with van der Waals surface area (Å²) < 4.78 is 1.53. The van der Waals surface area contributed by atoms with Crippen LogP contribution in [0.15, 0.2) is 64.1 Å². The molecule has 10 heteroatoms. The van der Waals surface area contributed by atoms with Gasteiger partial charge in [-0.1, -0.05) is 49.6 Å². The third kappa shape index (κ3) is 6.75. The van der Waals surface area contributed by atoms with Crippen LogP contribution in [0, 0.1) is 11.3 Å². The molecule has 2 aliphatic rings. The summed E-state index contributed by atoms with van der Waals surface area (Å²) in [7, 11) is 1.70. The van der Waals surface area contributed by atoms with Crippen molar-refractivity contribution in [2.24, 2.45) is 7.05 Å². The number of rotatable bonds is 5. The molecular weight excluding hydrogens is 567 g/mol. The minimum absolute atomic E-state index is 0.0369. The van der Waals surface area contributed by atoms with Gasteiger partial charge in [0.1, 0.15) is 11.6 Å². The molecule has 218 valence electrons. The quantitative estimate of drug-likeness (QED) is 0.306. The van der Waals surface area contributed by atoms with E-state index in [9.17, 15) is 19.6 Å². The molecule has 2 N–H and O–H groups in total. The van der Waals surface area contributed by atoms with Crippen molar-refractivity contribution in [2.45, 2.75) is 57.0 Å². The van der Waals surface area contributed by atoms with E-state index in [0.29, 0.717) is 29.7 Å². The summed E-state index contributed by atoms with van der Waals surface area (Å²) in [6.07, 6.45) is 7.68. The summed E-state index contributed by atoms with van der Waals surface area (Å²) in [5.41, 5.74) is 1.44. The number of amides is 2. The number of carbonyl (C=O) groups excluding carboxylic acids is 2. The third-order valence-electron chi connectivity index (χ3n) is 7.96. The molecule has 6 rings (SSSR count). The first-order chi connectivity index (χ1) is 20.5. The second-order valence-corrected chi connectivity index (χ2v) is 12.6. The van der Waals surface area contributed by atoms with Crippen molar-refractivity contribution in [1.82, 2.24) is 15.2 Å². The maximum absolute atomic E-state index is 12.7. The first-order valence-electron chi connectivity index (χ1n) is 14.4. The monoisotopic (exact) mass is 601 g/mol. The Hall–Kier alpha value is -3.94. The lowest BCUT2D eigenvalue weighted by Crippen LogP contribution is -2.45. The molecule has 4 aromatic rings. The van der Waals surface area contributed by atoms with Gasteiger partial charge in [0.05, 0.1) is 21.0 Å². The molecule has 0 spiro atoms. The summed E-state index contributed by atoms with van der Waals surface area (Å²) in [5, 5.41) is 20.6. The van der Waals surface area contributed by atoms with Crippen molar-refractivity contribution < 1.29 is 9.59 Å². The normalized spacial score (nSPS) is 15.9. The van der Waals surface area contributed by atoms with E-state index < -0.39 is 0 Å². The van der Waals surface area contributed by atoms with E-state index in [1.165, 1.54) is 46.5 Å². The smallest absolute Gasteiger partial charge is 0.270 e. The molecule has 1 aliphatic heterocycles. The molecule has 1 aliphatic carbocycles. The predicted molar refractivity (Wildman–Crippen MR) is 170 cm³/mol. The first kappa shape index (κ1) is 29.5. The van der Waals surface area contributed by atoms with Crippen molar-refractivity contribution in [2.75, 3.05) is 18.0 Å². The number of carbonyl (C=O) groups is 2. The Morgan fingerprint density at radius 2 is 1.40 bits per heavy atom. The topological polar surface area (TPSA) is 107 Å². The van der Waals surface area contributed by atoms with E-state index in [2.05, 4.69) is 21.6 Å². The maximum Gasteiger partial charge on any atom is 0.270 e. The fourth-order valence-electron chi connectivity index (χ4n) is 5.73. The van der Waals surface area contributed by atoms with E-state index in [0.717, 1.165) is 41.5 Å². The number of para-hydroxylation sites is 1. The summed E-state index contributed by atoms with van der Waals surface area (Å²) in [4.78, 5) is 40.3. The lowest BCUT2D eigenvalue weighted by molar-refractivity contribution is 0.0925. The van der Waals surface area contributed by atoms with Gasteiger partial charge in [0.2, 0.25) is 0 Å². The molecule has 1 saturated carbocycles. The minimum atomic E-state index is -0.274. The molecule has 8 nitrogen and oxygen atoms in total. The van der Waals surface area contributed by atoms with E-state index in [1.807, 2.05) is 59.3 Å². The Bertz CT molecular complexity index is 1610. The average Bonchev–Trinajstić information content (AvgIpc) is 3.76. The minimum Gasteiger partial charge on any atom is -0.370 e. The number of aromatic nitrogens is 1. The van der Waals surface area contributed by atoms with Crippen molar-refractivity contribution >= 4 is 51.1 Å². The zero-order chi connectivity index (χ0) is 29.5. The molecule has 4 heterocycles. The number of fused-ring (bicyclic) bond motifs is 1. The Labute approximate surface area is 253 Å². The highest BCUT2D eigenvalue weighted by molar-refractivity contribution is 7.12. The molecule has 42 heavy (non-hydrogen) atoms. The van der Waals surface area contributed by atoms with Crippen LogP contribution in [0.5, 0.6) is 0 Å². The Morgan fingerprint density at radius 3 is 1.95 bits per heavy atom. The molecule has 3 aromatic heterocycles. The standard InChI is InChI=1S/C21H20N4O2S.C11H15NOS/c1-24-17-6-3-2-5-15(17)19(16(13-22)21(24)27)25-10-8-14(9-11-25)23-20(26)18-7-4-12-28-18;13-11(10-7-4-8-14-10)12-9-5-2-1-3-6-9/h2-7,12,14H,8-11H2,1H3,(H,23,26);4,7-9H,1-3,5-6H2,(H,12,13). The van der Waals surface area contributed by atoms with Gasteiger partial charge in [-0.25, -0.2) is 0 Å². The predicted octanol–water partition coefficient (Wildman–Crippen LogP) is 5.68. The maximum atomic E-state index is 12.7. The Morgan fingerprint density at radius 1 is 0.833 bits per heavy atom. The number of benzene rings is 1. The number of nitriles is 1. The second kappa shape index (κ2) is 13.8. The number of nitrogens with zero attached hydrogens (tertiary/aromatic N) is 3. The van der Waals surface area contributed by atoms with Crippen LogP contribution < -0.4 is 21.1 Å². The lowest BCUT2D eigenvalue weighted by Gasteiger charge is -2.35. The average molecular weight is 602 g/mol. The molecule has 0 bridgehead atoms. The summed E-state index contributed by atoms with van der Waals surface area (Å²) in [5.74, 6) is 0.0668. The van der Waals surface area contributed by atoms with Gasteiger partial charge in [0.15, 0.2) is 0 Å². The number of hydrogen-bond donors (Lipinski definition) is 2. The summed E-state index contributed by atoms with van der Waals surface area (Å²) in [6, 6.07) is 17.8. The molecule has 2 fully saturated rings. The number of aryl methyl sites for hydroxylation is 1. The molecule has 0 radical (unpaired) electrons. The highest BCUT2D eigenvalue weighted by atomic mass is 32.1. The van der Waals surface area contributed by atoms with Gasteiger partial charge in [-0.2, -0.15) is 5.26 Å². The van der Waals surface area contributed by atoms with Gasteiger partial charge in [0.25, 0.3) is 17.4 Å². The van der Waals surface area contributed by atoms with Crippen LogP contribution in [0.3, 0.4) is 0 Å². The molecule has 0 atom stereocenters. The molecule has 2 amide bonds. The Kier molecular flexibility index (Phi) is 9.72. The molecular formula is C32H35N5O3S2. The summed E-state index contributed by atoms with van der Waals surface area (Å²) in [6.45, 7) is 1.36. The SMILES string of the molecule is Cn1c(=O)c(C#N)c(N2CCC(NC(=O)c3cccs3)CC2)c2ccccc21.O=C(NC1CCCCC1)c1cccs1. The van der Waals surface area contributed by atoms with E-state index in [4.69, 9.17) is 0 Å². The van der Waals surface area contributed by atoms with E-state index >= 15 is 0 Å². The van der Waals surface area contributed by atoms with Gasteiger partial charge < -0.3 is 20.1 Å². The van der Waals surface area contributed by atoms with Gasteiger partial charge in [-0.15, -0.1) is 22.7 Å². The zero-order valence-electron chi connectivity index (χ0n) is 23.7. The van der Waals surface area contributed by atoms with Crippen LogP contribution in [-0.4, -0.2) is 41.6 Å². The van der Waals surface area contributed by atoms with Crippen molar-refractivity contribution in [3.8, 4) is 6.07 Å². The highest BCUT2D eigenvalue weighted by Crippen LogP contribution is 2.30. The van der Waals surface area contributed by atoms with Crippen molar-refractivity contribution in [3.63, 3.8) is 0 Å². The van der Waals surface area contributed by atoms with E-state index in [-0.39, 0.29) is 29.0 Å². The summed E-state index contributed by atoms with van der Waals surface area (Å²) >= 11 is 2.94. The number of piperidine rings is 1. The number of thiophene rings is 2. The number of anilines is 1. The molecule has 1 saturated heterocycles. The van der Waals surface area contributed by atoms with Crippen LogP contribution in [0.4, 0.5) is 5.69 Å². The lowest BCUT2D eigenvalue weighted by atomic mass is 9.95. The fraction of sp³-hybridized carbons (Fsp3) is 0.375. The number of nitrogens with one attached hydrogen (secondary N) is 2. The fourth-order valence-corrected chi connectivity index (χ4v) is 6.99. The van der Waals surface area contributed by atoms with E-state index in [1.54, 1.807) is 7.05 Å². The Balaban J connectivity index is 0.000000211. The molecule has 0 unspecified atom stereocenters. The van der Waals surface area contributed by atoms with Crippen molar-refractivity contribution in [1.29, 1.82) is 5.26 Å². The van der Waals surface area contributed by atoms with Gasteiger partial charge >= 0.3 is 0 Å². The van der Waals surface area contributed by atoms with Crippen LogP contribution >= 0.6 is 22.7 Å². The first-order valence-corrected chi connectivity index (χ1v) is 16.2. The van der Waals surface area contributed by atoms with Gasteiger partial charge in [0, 0.05) is 37.6 Å². The highest BCUT2D eigenvalue weighted by Gasteiger charge is 2.26. The largest absolute Gasteiger partial charge is 0.370 e. The van der Waals surface area contributed by atoms with Crippen molar-refractivity contribution in [3.05, 3.63) is 85.0 Å². The van der Waals surface area contributed by atoms with Crippen LogP contribution in [0.2, 0.25) is 0 Å². The number of pyridine rings is 1. The second-order valence-electron chi connectivity index (χ2n) is 10.7. The number of hydrogen-bond acceptors (Lipinski definition) is 7. The van der Waals surface area contributed by atoms with Crippen LogP contribution in [0.25, 0.3) is 10.9 Å². The zero-order valence-corrected chi connectivity index (χ0v) is 25.3. The van der Waals surface area contributed by atoms with Crippen LogP contribution in [-0.2, 0) is 7.05 Å². The van der Waals surface area contributed by atoms with Gasteiger partial charge in [-0.3, -0.25) is 14.4 Å². The van der Waals surface area contributed by atoms with Crippen LogP contribution in [0.1, 0.15) is 69.9 Å². The van der Waals surface area contributed by atoms with Gasteiger partial charge in [-0.05, 0) is 54.6 Å².